The van der Waals surface area contributed by atoms with Crippen LogP contribution in [0.4, 0.5) is 0 Å². The number of benzene rings is 2. The molecule has 26 heavy (non-hydrogen) atoms. The maximum Gasteiger partial charge on any atom is 0.221 e. The van der Waals surface area contributed by atoms with Crippen molar-refractivity contribution in [2.45, 2.75) is 50.2 Å². The zero-order valence-electron chi connectivity index (χ0n) is 14.6. The lowest BCUT2D eigenvalue weighted by Gasteiger charge is -2.27. The number of rotatable bonds is 5. The van der Waals surface area contributed by atoms with Crippen LogP contribution in [-0.2, 0) is 4.79 Å². The van der Waals surface area contributed by atoms with Gasteiger partial charge in [0.2, 0.25) is 5.91 Å². The molecule has 1 fully saturated rings. The Balaban J connectivity index is 1.78. The van der Waals surface area contributed by atoms with Crippen LogP contribution in [0.3, 0.4) is 0 Å². The summed E-state index contributed by atoms with van der Waals surface area (Å²) in [7, 11) is 0. The minimum atomic E-state index is -0.274. The summed E-state index contributed by atoms with van der Waals surface area (Å²) in [6, 6.07) is 14.6. The number of amides is 1. The van der Waals surface area contributed by atoms with Crippen LogP contribution in [0.5, 0.6) is 5.75 Å². The predicted molar refractivity (Wildman–Crippen MR) is 102 cm³/mol. The molecule has 5 heteroatoms. The van der Waals surface area contributed by atoms with Crippen molar-refractivity contribution < 1.29 is 15.0 Å². The summed E-state index contributed by atoms with van der Waals surface area (Å²) >= 11 is 6.14. The molecule has 1 saturated carbocycles. The fourth-order valence-electron chi connectivity index (χ4n) is 3.61. The molecule has 0 unspecified atom stereocenters. The van der Waals surface area contributed by atoms with E-state index in [9.17, 15) is 15.0 Å². The van der Waals surface area contributed by atoms with Crippen molar-refractivity contribution in [3.8, 4) is 5.75 Å². The molecule has 4 nitrogen and oxygen atoms in total. The fraction of sp³-hybridized carbons (Fsp3) is 0.381. The van der Waals surface area contributed by atoms with Crippen molar-refractivity contribution in [2.75, 3.05) is 0 Å². The number of para-hydroxylation sites is 1. The van der Waals surface area contributed by atoms with E-state index in [1.54, 1.807) is 18.2 Å². The van der Waals surface area contributed by atoms with Gasteiger partial charge in [0.25, 0.3) is 0 Å². The molecule has 0 aromatic heterocycles. The number of halogens is 1. The predicted octanol–water partition coefficient (Wildman–Crippen LogP) is 3.99. The quantitative estimate of drug-likeness (QED) is 0.742. The Kier molecular flexibility index (Phi) is 6.17. The van der Waals surface area contributed by atoms with Crippen LogP contribution in [0.2, 0.25) is 5.02 Å². The van der Waals surface area contributed by atoms with E-state index in [4.69, 9.17) is 11.6 Å². The Labute approximate surface area is 158 Å². The topological polar surface area (TPSA) is 69.6 Å². The highest BCUT2D eigenvalue weighted by atomic mass is 35.5. The van der Waals surface area contributed by atoms with E-state index >= 15 is 0 Å². The van der Waals surface area contributed by atoms with Crippen molar-refractivity contribution in [3.63, 3.8) is 0 Å². The van der Waals surface area contributed by atoms with Gasteiger partial charge in [0, 0.05) is 29.0 Å². The average molecular weight is 374 g/mol. The first kappa shape index (κ1) is 18.7. The Hall–Kier alpha value is -2.04. The lowest BCUT2D eigenvalue weighted by molar-refractivity contribution is -0.122. The standard InChI is InChI=1S/C21H24ClNO3/c22-15-5-3-4-14(12-15)19(18-6-1-2-7-20(18)25)13-21(26)23-16-8-10-17(24)11-9-16/h1-7,12,16-17,19,24-25H,8-11,13H2,(H,23,26)/t16?,17?,19-/m1/s1. The highest BCUT2D eigenvalue weighted by Crippen LogP contribution is 2.34. The summed E-state index contributed by atoms with van der Waals surface area (Å²) in [5.41, 5.74) is 1.61. The van der Waals surface area contributed by atoms with Crippen LogP contribution >= 0.6 is 11.6 Å². The zero-order chi connectivity index (χ0) is 18.5. The molecule has 0 saturated heterocycles. The van der Waals surface area contributed by atoms with Gasteiger partial charge in [0.05, 0.1) is 6.10 Å². The van der Waals surface area contributed by atoms with Crippen molar-refractivity contribution in [3.05, 3.63) is 64.7 Å². The van der Waals surface area contributed by atoms with Crippen LogP contribution in [0.15, 0.2) is 48.5 Å². The van der Waals surface area contributed by atoms with E-state index in [0.717, 1.165) is 31.2 Å². The van der Waals surface area contributed by atoms with Gasteiger partial charge >= 0.3 is 0 Å². The molecule has 0 aliphatic heterocycles. The van der Waals surface area contributed by atoms with Crippen molar-refractivity contribution in [2.24, 2.45) is 0 Å². The number of carbonyl (C=O) groups excluding carboxylic acids is 1. The number of nitrogens with one attached hydrogen (secondary N) is 1. The second-order valence-corrected chi connectivity index (χ2v) is 7.38. The molecule has 0 radical (unpaired) electrons. The maximum absolute atomic E-state index is 12.7. The first-order valence-corrected chi connectivity index (χ1v) is 9.41. The molecule has 3 rings (SSSR count). The van der Waals surface area contributed by atoms with Gasteiger partial charge in [-0.15, -0.1) is 0 Å². The number of carbonyl (C=O) groups is 1. The monoisotopic (exact) mass is 373 g/mol. The van der Waals surface area contributed by atoms with E-state index in [1.165, 1.54) is 0 Å². The van der Waals surface area contributed by atoms with Crippen LogP contribution in [0.25, 0.3) is 0 Å². The molecule has 2 aromatic carbocycles. The summed E-state index contributed by atoms with van der Waals surface area (Å²) in [4.78, 5) is 12.7. The number of aliphatic hydroxyl groups excluding tert-OH is 1. The Bertz CT molecular complexity index is 756. The number of phenolic OH excluding ortho intramolecular Hbond substituents is 1. The lowest BCUT2D eigenvalue weighted by Crippen LogP contribution is -2.39. The van der Waals surface area contributed by atoms with E-state index in [-0.39, 0.29) is 36.1 Å². The molecule has 0 bridgehead atoms. The first-order chi connectivity index (χ1) is 12.5. The van der Waals surface area contributed by atoms with Crippen molar-refractivity contribution >= 4 is 17.5 Å². The molecule has 138 valence electrons. The van der Waals surface area contributed by atoms with Gasteiger partial charge in [-0.2, -0.15) is 0 Å². The molecule has 0 heterocycles. The van der Waals surface area contributed by atoms with E-state index < -0.39 is 0 Å². The second-order valence-electron chi connectivity index (χ2n) is 6.94. The van der Waals surface area contributed by atoms with Gasteiger partial charge in [-0.1, -0.05) is 41.9 Å². The SMILES string of the molecule is O=C(C[C@H](c1cccc(Cl)c1)c1ccccc1O)NC1CCC(O)CC1. The van der Waals surface area contributed by atoms with Crippen LogP contribution < -0.4 is 5.32 Å². The number of hydrogen-bond donors (Lipinski definition) is 3. The molecule has 0 spiro atoms. The minimum Gasteiger partial charge on any atom is -0.508 e. The zero-order valence-corrected chi connectivity index (χ0v) is 15.3. The Morgan fingerprint density at radius 3 is 2.54 bits per heavy atom. The molecule has 1 atom stereocenters. The highest BCUT2D eigenvalue weighted by molar-refractivity contribution is 6.30. The third-order valence-corrected chi connectivity index (χ3v) is 5.25. The van der Waals surface area contributed by atoms with Gasteiger partial charge in [0.15, 0.2) is 0 Å². The first-order valence-electron chi connectivity index (χ1n) is 9.03. The summed E-state index contributed by atoms with van der Waals surface area (Å²) in [5, 5.41) is 23.6. The van der Waals surface area contributed by atoms with Gasteiger partial charge in [0.1, 0.15) is 5.75 Å². The van der Waals surface area contributed by atoms with E-state index in [0.29, 0.717) is 10.6 Å². The van der Waals surface area contributed by atoms with Gasteiger partial charge < -0.3 is 15.5 Å². The molecule has 3 N–H and O–H groups in total. The highest BCUT2D eigenvalue weighted by Gasteiger charge is 2.25. The van der Waals surface area contributed by atoms with Crippen molar-refractivity contribution in [1.82, 2.24) is 5.32 Å². The second kappa shape index (κ2) is 8.56. The molecule has 2 aromatic rings. The molecular weight excluding hydrogens is 350 g/mol. The van der Waals surface area contributed by atoms with E-state index in [2.05, 4.69) is 5.32 Å². The molecule has 1 aliphatic carbocycles. The van der Waals surface area contributed by atoms with Gasteiger partial charge in [-0.25, -0.2) is 0 Å². The summed E-state index contributed by atoms with van der Waals surface area (Å²) in [5.74, 6) is -0.158. The summed E-state index contributed by atoms with van der Waals surface area (Å²) < 4.78 is 0. The van der Waals surface area contributed by atoms with Gasteiger partial charge in [-0.3, -0.25) is 4.79 Å². The average Bonchev–Trinajstić information content (AvgIpc) is 2.62. The third-order valence-electron chi connectivity index (χ3n) is 5.01. The molecular formula is C21H24ClNO3. The molecule has 1 amide bonds. The van der Waals surface area contributed by atoms with E-state index in [1.807, 2.05) is 30.3 Å². The van der Waals surface area contributed by atoms with Crippen LogP contribution in [0.1, 0.15) is 49.1 Å². The lowest BCUT2D eigenvalue weighted by atomic mass is 9.87. The summed E-state index contributed by atoms with van der Waals surface area (Å²) in [6.07, 6.45) is 3.03. The van der Waals surface area contributed by atoms with Crippen LogP contribution in [-0.4, -0.2) is 28.3 Å². The number of aliphatic hydroxyl groups is 1. The van der Waals surface area contributed by atoms with Gasteiger partial charge in [-0.05, 0) is 49.4 Å². The normalized spacial score (nSPS) is 21.2. The summed E-state index contributed by atoms with van der Waals surface area (Å²) in [6.45, 7) is 0. The number of aromatic hydroxyl groups is 1. The maximum atomic E-state index is 12.7. The smallest absolute Gasteiger partial charge is 0.221 e. The fourth-order valence-corrected chi connectivity index (χ4v) is 3.80. The van der Waals surface area contributed by atoms with Crippen molar-refractivity contribution in [1.29, 1.82) is 0 Å². The molecule has 1 aliphatic rings. The number of hydrogen-bond acceptors (Lipinski definition) is 3. The minimum absolute atomic E-state index is 0.0559. The largest absolute Gasteiger partial charge is 0.508 e. The Morgan fingerprint density at radius 2 is 1.85 bits per heavy atom. The Morgan fingerprint density at radius 1 is 1.12 bits per heavy atom. The van der Waals surface area contributed by atoms with Crippen LogP contribution in [0, 0.1) is 0 Å². The third kappa shape index (κ3) is 4.77. The number of phenols is 1.